The number of aliphatic hydroxyl groups is 1. The van der Waals surface area contributed by atoms with E-state index in [0.717, 1.165) is 7.11 Å². The maximum absolute atomic E-state index is 11.4. The van der Waals surface area contributed by atoms with Gasteiger partial charge in [0.25, 0.3) is 0 Å². The van der Waals surface area contributed by atoms with Crippen LogP contribution in [0.3, 0.4) is 0 Å². The number of methoxy groups -OCH3 is 1. The lowest BCUT2D eigenvalue weighted by Gasteiger charge is -2.36. The highest BCUT2D eigenvalue weighted by Crippen LogP contribution is 2.19. The third kappa shape index (κ3) is 2.43. The molecule has 0 aromatic carbocycles. The van der Waals surface area contributed by atoms with Crippen LogP contribution in [0, 0.1) is 5.92 Å². The smallest absolute Gasteiger partial charge is 0.322 e. The van der Waals surface area contributed by atoms with E-state index in [9.17, 15) is 13.2 Å². The maximum Gasteiger partial charge on any atom is 0.322 e. The van der Waals surface area contributed by atoms with Gasteiger partial charge in [-0.2, -0.15) is 0 Å². The van der Waals surface area contributed by atoms with E-state index in [2.05, 4.69) is 4.74 Å². The lowest BCUT2D eigenvalue weighted by atomic mass is 10.1. The van der Waals surface area contributed by atoms with E-state index in [4.69, 9.17) is 5.11 Å². The molecule has 1 fully saturated rings. The van der Waals surface area contributed by atoms with Gasteiger partial charge in [0.2, 0.25) is 10.0 Å². The van der Waals surface area contributed by atoms with Gasteiger partial charge < -0.3 is 9.84 Å². The standard InChI is InChI=1S/C7H13NO5S/c1-13-7(10)5-14(11,12)8-2-6(3-8)4-9/h6,9H,2-5H2,1H3. The van der Waals surface area contributed by atoms with Crippen LogP contribution in [0.25, 0.3) is 0 Å². The summed E-state index contributed by atoms with van der Waals surface area (Å²) in [6.45, 7) is 0.551. The number of carbonyl (C=O) groups is 1. The molecule has 0 amide bonds. The molecule has 1 N–H and O–H groups in total. The lowest BCUT2D eigenvalue weighted by Crippen LogP contribution is -2.52. The molecule has 0 aromatic rings. The van der Waals surface area contributed by atoms with Crippen LogP contribution in [0.4, 0.5) is 0 Å². The molecule has 0 saturated carbocycles. The fraction of sp³-hybridized carbons (Fsp3) is 0.857. The van der Waals surface area contributed by atoms with Crippen molar-refractivity contribution in [1.82, 2.24) is 4.31 Å². The molecule has 1 saturated heterocycles. The predicted molar refractivity (Wildman–Crippen MR) is 48.0 cm³/mol. The summed E-state index contributed by atoms with van der Waals surface area (Å²) in [5.41, 5.74) is 0. The highest BCUT2D eigenvalue weighted by Gasteiger charge is 2.36. The molecule has 14 heavy (non-hydrogen) atoms. The first kappa shape index (κ1) is 11.4. The van der Waals surface area contributed by atoms with Gasteiger partial charge in [-0.1, -0.05) is 0 Å². The van der Waals surface area contributed by atoms with Crippen LogP contribution in [-0.2, 0) is 19.6 Å². The molecule has 82 valence electrons. The Morgan fingerprint density at radius 1 is 1.57 bits per heavy atom. The van der Waals surface area contributed by atoms with Crippen LogP contribution in [0.5, 0.6) is 0 Å². The van der Waals surface area contributed by atoms with Gasteiger partial charge in [-0.15, -0.1) is 0 Å². The molecule has 0 bridgehead atoms. The van der Waals surface area contributed by atoms with E-state index in [1.165, 1.54) is 4.31 Å². The van der Waals surface area contributed by atoms with Crippen molar-refractivity contribution in [3.05, 3.63) is 0 Å². The summed E-state index contributed by atoms with van der Waals surface area (Å²) < 4.78 is 28.2. The molecule has 1 rings (SSSR count). The average molecular weight is 223 g/mol. The second kappa shape index (κ2) is 4.24. The van der Waals surface area contributed by atoms with Crippen molar-refractivity contribution in [2.45, 2.75) is 0 Å². The number of ether oxygens (including phenoxy) is 1. The minimum atomic E-state index is -3.53. The van der Waals surface area contributed by atoms with Gasteiger partial charge in [0.05, 0.1) is 7.11 Å². The number of sulfonamides is 1. The predicted octanol–water partition coefficient (Wildman–Crippen LogP) is -1.59. The summed E-state index contributed by atoms with van der Waals surface area (Å²) in [5, 5.41) is 8.68. The maximum atomic E-state index is 11.4. The number of hydrogen-bond donors (Lipinski definition) is 1. The largest absolute Gasteiger partial charge is 0.468 e. The Balaban J connectivity index is 2.48. The average Bonchev–Trinajstić information content (AvgIpc) is 2.00. The molecule has 0 aromatic heterocycles. The third-order valence-corrected chi connectivity index (χ3v) is 3.79. The molecule has 1 heterocycles. The van der Waals surface area contributed by atoms with Gasteiger partial charge in [-0.05, 0) is 0 Å². The molecule has 0 spiro atoms. The first-order valence-corrected chi connectivity index (χ1v) is 5.76. The van der Waals surface area contributed by atoms with Gasteiger partial charge >= 0.3 is 5.97 Å². The van der Waals surface area contributed by atoms with Gasteiger partial charge in [-0.25, -0.2) is 12.7 Å². The van der Waals surface area contributed by atoms with E-state index >= 15 is 0 Å². The van der Waals surface area contributed by atoms with Crippen molar-refractivity contribution in [3.8, 4) is 0 Å². The van der Waals surface area contributed by atoms with Crippen LogP contribution in [0.1, 0.15) is 0 Å². The Bertz CT molecular complexity index is 306. The van der Waals surface area contributed by atoms with Gasteiger partial charge in [-0.3, -0.25) is 4.79 Å². The number of aliphatic hydroxyl groups excluding tert-OH is 1. The summed E-state index contributed by atoms with van der Waals surface area (Å²) in [6.07, 6.45) is 0. The minimum Gasteiger partial charge on any atom is -0.468 e. The first-order chi connectivity index (χ1) is 6.49. The number of carbonyl (C=O) groups excluding carboxylic acids is 1. The number of hydrogen-bond acceptors (Lipinski definition) is 5. The molecule has 7 heteroatoms. The zero-order valence-electron chi connectivity index (χ0n) is 7.84. The van der Waals surface area contributed by atoms with Crippen molar-refractivity contribution in [3.63, 3.8) is 0 Å². The molecule has 1 aliphatic rings. The van der Waals surface area contributed by atoms with Gasteiger partial charge in [0, 0.05) is 25.6 Å². The second-order valence-electron chi connectivity index (χ2n) is 3.20. The Hall–Kier alpha value is -0.660. The molecule has 0 radical (unpaired) electrons. The van der Waals surface area contributed by atoms with Crippen LogP contribution in [0.15, 0.2) is 0 Å². The molecule has 0 unspecified atom stereocenters. The first-order valence-electron chi connectivity index (χ1n) is 4.15. The molecule has 0 aliphatic carbocycles. The van der Waals surface area contributed by atoms with E-state index in [1.807, 2.05) is 0 Å². The summed E-state index contributed by atoms with van der Waals surface area (Å²) in [5.74, 6) is -1.39. The summed E-state index contributed by atoms with van der Waals surface area (Å²) in [4.78, 5) is 10.7. The van der Waals surface area contributed by atoms with E-state index in [-0.39, 0.29) is 25.6 Å². The quantitative estimate of drug-likeness (QED) is 0.581. The highest BCUT2D eigenvalue weighted by atomic mass is 32.2. The zero-order valence-corrected chi connectivity index (χ0v) is 8.66. The molecule has 6 nitrogen and oxygen atoms in total. The third-order valence-electron chi connectivity index (χ3n) is 2.10. The molecular formula is C7H13NO5S. The Labute approximate surface area is 82.5 Å². The van der Waals surface area contributed by atoms with E-state index < -0.39 is 21.7 Å². The summed E-state index contributed by atoms with van der Waals surface area (Å²) in [7, 11) is -2.39. The zero-order chi connectivity index (χ0) is 10.8. The van der Waals surface area contributed by atoms with E-state index in [1.54, 1.807) is 0 Å². The number of esters is 1. The Kier molecular flexibility index (Phi) is 3.46. The van der Waals surface area contributed by atoms with Crippen LogP contribution in [0.2, 0.25) is 0 Å². The van der Waals surface area contributed by atoms with Gasteiger partial charge in [0.15, 0.2) is 5.75 Å². The molecule has 1 aliphatic heterocycles. The Morgan fingerprint density at radius 2 is 2.14 bits per heavy atom. The van der Waals surface area contributed by atoms with Crippen molar-refractivity contribution in [2.24, 2.45) is 5.92 Å². The van der Waals surface area contributed by atoms with Crippen molar-refractivity contribution in [1.29, 1.82) is 0 Å². The molecule has 0 atom stereocenters. The SMILES string of the molecule is COC(=O)CS(=O)(=O)N1CC(CO)C1. The lowest BCUT2D eigenvalue weighted by molar-refractivity contribution is -0.137. The summed E-state index contributed by atoms with van der Waals surface area (Å²) in [6, 6.07) is 0. The number of rotatable bonds is 4. The van der Waals surface area contributed by atoms with Crippen molar-refractivity contribution in [2.75, 3.05) is 32.6 Å². The monoisotopic (exact) mass is 223 g/mol. The van der Waals surface area contributed by atoms with Crippen LogP contribution in [-0.4, -0.2) is 56.4 Å². The number of nitrogens with zero attached hydrogens (tertiary/aromatic N) is 1. The van der Waals surface area contributed by atoms with E-state index in [0.29, 0.717) is 0 Å². The van der Waals surface area contributed by atoms with Crippen LogP contribution < -0.4 is 0 Å². The summed E-state index contributed by atoms with van der Waals surface area (Å²) >= 11 is 0. The normalized spacial score (nSPS) is 19.0. The minimum absolute atomic E-state index is 0.00224. The fourth-order valence-corrected chi connectivity index (χ4v) is 2.64. The topological polar surface area (TPSA) is 83.9 Å². The fourth-order valence-electron chi connectivity index (χ4n) is 1.16. The highest BCUT2D eigenvalue weighted by molar-refractivity contribution is 7.89. The van der Waals surface area contributed by atoms with Crippen LogP contribution >= 0.6 is 0 Å². The van der Waals surface area contributed by atoms with Crippen molar-refractivity contribution >= 4 is 16.0 Å². The van der Waals surface area contributed by atoms with Crippen molar-refractivity contribution < 1.29 is 23.1 Å². The van der Waals surface area contributed by atoms with Gasteiger partial charge in [0.1, 0.15) is 0 Å². The second-order valence-corrected chi connectivity index (χ2v) is 5.17. The molecular weight excluding hydrogens is 210 g/mol. The Morgan fingerprint density at radius 3 is 2.57 bits per heavy atom.